The van der Waals surface area contributed by atoms with Gasteiger partial charge in [-0.3, -0.25) is 9.13 Å². The fourth-order valence-electron chi connectivity index (χ4n) is 6.03. The molecule has 0 aliphatic carbocycles. The van der Waals surface area contributed by atoms with E-state index in [9.17, 15) is 0 Å². The monoisotopic (exact) mass is 768 g/mol. The van der Waals surface area contributed by atoms with E-state index in [1.807, 2.05) is 24.3 Å². The standard InChI is InChI=1S/2C17H21N7O.C2H2O4/c2*1-3-14-15(19-6-1)24(11-12-25-17-20-7-2-8-21-17)16(23-14)22-13-4-9-18-10-5-13;3-1(4)2(5)6/h2*1-3,6-8,13,18H,4-5,9-12H2,(H,22,23);(H,3,4)(H,5,6). The third-order valence-electron chi connectivity index (χ3n) is 8.71. The van der Waals surface area contributed by atoms with Crippen LogP contribution in [0.3, 0.4) is 0 Å². The van der Waals surface area contributed by atoms with Crippen molar-refractivity contribution < 1.29 is 29.3 Å². The second kappa shape index (κ2) is 20.2. The molecule has 2 fully saturated rings. The lowest BCUT2D eigenvalue weighted by atomic mass is 10.1. The molecule has 20 nitrogen and oxygen atoms in total. The van der Waals surface area contributed by atoms with Gasteiger partial charge in [0, 0.05) is 49.3 Å². The van der Waals surface area contributed by atoms with E-state index in [2.05, 4.69) is 60.3 Å². The van der Waals surface area contributed by atoms with Crippen LogP contribution in [0.15, 0.2) is 73.6 Å². The van der Waals surface area contributed by atoms with Crippen LogP contribution in [-0.4, -0.2) is 123 Å². The maximum Gasteiger partial charge on any atom is 0.414 e. The Morgan fingerprint density at radius 3 is 1.36 bits per heavy atom. The van der Waals surface area contributed by atoms with Crippen molar-refractivity contribution in [2.45, 2.75) is 50.9 Å². The van der Waals surface area contributed by atoms with Gasteiger partial charge in [-0.2, -0.15) is 0 Å². The van der Waals surface area contributed by atoms with E-state index >= 15 is 0 Å². The van der Waals surface area contributed by atoms with Crippen LogP contribution in [-0.2, 0) is 22.7 Å². The summed E-state index contributed by atoms with van der Waals surface area (Å²) < 4.78 is 15.4. The molecule has 6 aromatic rings. The number of carboxylic acid groups (broad SMARTS) is 2. The molecule has 6 N–H and O–H groups in total. The molecule has 2 aliphatic rings. The zero-order valence-corrected chi connectivity index (χ0v) is 30.6. The number of hydrogen-bond acceptors (Lipinski definition) is 16. The fraction of sp³-hybridized carbons (Fsp3) is 0.389. The van der Waals surface area contributed by atoms with Gasteiger partial charge in [0.2, 0.25) is 11.9 Å². The van der Waals surface area contributed by atoms with Gasteiger partial charge in [0.1, 0.15) is 24.2 Å². The second-order valence-corrected chi connectivity index (χ2v) is 12.6. The van der Waals surface area contributed by atoms with Crippen LogP contribution < -0.4 is 30.7 Å². The Hall–Kier alpha value is -6.54. The molecule has 294 valence electrons. The molecule has 0 unspecified atom stereocenters. The van der Waals surface area contributed by atoms with Gasteiger partial charge in [0.25, 0.3) is 0 Å². The first-order chi connectivity index (χ1) is 27.4. The third-order valence-corrected chi connectivity index (χ3v) is 8.71. The van der Waals surface area contributed by atoms with Crippen LogP contribution in [0.25, 0.3) is 22.3 Å². The van der Waals surface area contributed by atoms with Crippen LogP contribution in [0.4, 0.5) is 11.9 Å². The molecule has 8 heterocycles. The first kappa shape index (κ1) is 39.2. The summed E-state index contributed by atoms with van der Waals surface area (Å²) in [5, 5.41) is 28.7. The topological polar surface area (TPSA) is 254 Å². The lowest BCUT2D eigenvalue weighted by molar-refractivity contribution is -0.159. The van der Waals surface area contributed by atoms with Crippen LogP contribution >= 0.6 is 0 Å². The van der Waals surface area contributed by atoms with E-state index in [0.29, 0.717) is 50.4 Å². The van der Waals surface area contributed by atoms with Crippen LogP contribution in [0.1, 0.15) is 25.7 Å². The van der Waals surface area contributed by atoms with Crippen molar-refractivity contribution in [3.05, 3.63) is 73.6 Å². The minimum absolute atomic E-state index is 0.382. The van der Waals surface area contributed by atoms with E-state index < -0.39 is 11.9 Å². The minimum Gasteiger partial charge on any atom is -0.473 e. The number of rotatable bonds is 12. The Morgan fingerprint density at radius 1 is 0.607 bits per heavy atom. The number of anilines is 2. The number of imidazole rings is 2. The quantitative estimate of drug-likeness (QED) is 0.0975. The smallest absolute Gasteiger partial charge is 0.414 e. The largest absolute Gasteiger partial charge is 0.473 e. The average Bonchev–Trinajstić information content (AvgIpc) is 3.76. The molecule has 0 bridgehead atoms. The summed E-state index contributed by atoms with van der Waals surface area (Å²) in [6.07, 6.45) is 14.6. The highest BCUT2D eigenvalue weighted by atomic mass is 16.5. The summed E-state index contributed by atoms with van der Waals surface area (Å²) in [5.41, 5.74) is 3.48. The third kappa shape index (κ3) is 11.2. The van der Waals surface area contributed by atoms with Gasteiger partial charge in [0.05, 0.1) is 13.1 Å². The van der Waals surface area contributed by atoms with Gasteiger partial charge in [0.15, 0.2) is 11.3 Å². The Balaban J connectivity index is 0.000000166. The Morgan fingerprint density at radius 2 is 0.982 bits per heavy atom. The van der Waals surface area contributed by atoms with Gasteiger partial charge in [-0.25, -0.2) is 49.5 Å². The number of aromatic nitrogens is 10. The SMILES string of the molecule is O=C(O)C(=O)O.c1cnc(OCCn2c(NC3CCNCC3)nc3cccnc32)nc1.c1cnc(OCCn2c(NC3CCNCC3)nc3cccnc32)nc1. The lowest BCUT2D eigenvalue weighted by Gasteiger charge is -2.24. The number of ether oxygens (including phenoxy) is 2. The van der Waals surface area contributed by atoms with Crippen molar-refractivity contribution in [2.75, 3.05) is 50.0 Å². The maximum absolute atomic E-state index is 9.10. The van der Waals surface area contributed by atoms with Crippen molar-refractivity contribution in [2.24, 2.45) is 0 Å². The fourth-order valence-corrected chi connectivity index (χ4v) is 6.03. The highest BCUT2D eigenvalue weighted by molar-refractivity contribution is 6.27. The van der Waals surface area contributed by atoms with Crippen molar-refractivity contribution in [3.63, 3.8) is 0 Å². The van der Waals surface area contributed by atoms with Crippen molar-refractivity contribution in [1.29, 1.82) is 0 Å². The molecule has 0 aromatic carbocycles. The summed E-state index contributed by atoms with van der Waals surface area (Å²) in [4.78, 5) is 52.9. The normalized spacial score (nSPS) is 14.5. The summed E-state index contributed by atoms with van der Waals surface area (Å²) in [6.45, 7) is 6.28. The second-order valence-electron chi connectivity index (χ2n) is 12.6. The minimum atomic E-state index is -1.82. The molecular weight excluding hydrogens is 724 g/mol. The number of pyridine rings is 2. The highest BCUT2D eigenvalue weighted by Gasteiger charge is 2.19. The molecule has 20 heteroatoms. The van der Waals surface area contributed by atoms with E-state index in [1.165, 1.54) is 0 Å². The van der Waals surface area contributed by atoms with E-state index in [0.717, 1.165) is 86.1 Å². The molecule has 0 spiro atoms. The van der Waals surface area contributed by atoms with Crippen molar-refractivity contribution in [3.8, 4) is 12.0 Å². The number of piperidine rings is 2. The number of carbonyl (C=O) groups is 2. The highest BCUT2D eigenvalue weighted by Crippen LogP contribution is 2.21. The summed E-state index contributed by atoms with van der Waals surface area (Å²) in [7, 11) is 0. The molecule has 0 saturated carbocycles. The van der Waals surface area contributed by atoms with Gasteiger partial charge in [-0.15, -0.1) is 0 Å². The summed E-state index contributed by atoms with van der Waals surface area (Å²) in [6, 6.07) is 12.9. The molecule has 0 radical (unpaired) electrons. The zero-order valence-electron chi connectivity index (χ0n) is 30.6. The van der Waals surface area contributed by atoms with Crippen LogP contribution in [0.5, 0.6) is 12.0 Å². The van der Waals surface area contributed by atoms with Gasteiger partial charge >= 0.3 is 24.0 Å². The van der Waals surface area contributed by atoms with Crippen molar-refractivity contribution in [1.82, 2.24) is 59.6 Å². The zero-order chi connectivity index (χ0) is 39.0. The molecule has 8 rings (SSSR count). The summed E-state index contributed by atoms with van der Waals surface area (Å²) >= 11 is 0. The number of nitrogens with one attached hydrogen (secondary N) is 4. The molecule has 56 heavy (non-hydrogen) atoms. The molecule has 0 atom stereocenters. The first-order valence-corrected chi connectivity index (χ1v) is 18.3. The first-order valence-electron chi connectivity index (χ1n) is 18.3. The van der Waals surface area contributed by atoms with Gasteiger partial charge in [-0.05, 0) is 88.3 Å². The molecule has 0 amide bonds. The Kier molecular flexibility index (Phi) is 14.1. The summed E-state index contributed by atoms with van der Waals surface area (Å²) in [5.74, 6) is -1.96. The molecular formula is C36H44N14O6. The van der Waals surface area contributed by atoms with E-state index in [4.69, 9.17) is 39.2 Å². The number of nitrogens with zero attached hydrogens (tertiary/aromatic N) is 10. The maximum atomic E-state index is 9.10. The van der Waals surface area contributed by atoms with E-state index in [1.54, 1.807) is 49.3 Å². The van der Waals surface area contributed by atoms with Crippen LogP contribution in [0, 0.1) is 0 Å². The predicted molar refractivity (Wildman–Crippen MR) is 204 cm³/mol. The van der Waals surface area contributed by atoms with Crippen molar-refractivity contribution >= 4 is 46.2 Å². The van der Waals surface area contributed by atoms with E-state index in [-0.39, 0.29) is 0 Å². The number of fused-ring (bicyclic) bond motifs is 2. The Labute approximate surface area is 321 Å². The van der Waals surface area contributed by atoms with Gasteiger partial charge < -0.3 is 41.0 Å². The number of aliphatic carboxylic acids is 2. The predicted octanol–water partition coefficient (Wildman–Crippen LogP) is 2.08. The molecule has 2 aliphatic heterocycles. The number of hydrogen-bond donors (Lipinski definition) is 6. The molecule has 6 aromatic heterocycles. The van der Waals surface area contributed by atoms with Crippen LogP contribution in [0.2, 0.25) is 0 Å². The lowest BCUT2D eigenvalue weighted by Crippen LogP contribution is -2.36. The number of carboxylic acids is 2. The molecule has 2 saturated heterocycles. The Bertz CT molecular complexity index is 1970. The average molecular weight is 769 g/mol. The van der Waals surface area contributed by atoms with Gasteiger partial charge in [-0.1, -0.05) is 0 Å².